The highest BCUT2D eigenvalue weighted by atomic mass is 32.2. The third kappa shape index (κ3) is 3.81. The third-order valence-corrected chi connectivity index (χ3v) is 6.64. The maximum absolute atomic E-state index is 11.9. The van der Waals surface area contributed by atoms with Gasteiger partial charge in [0.1, 0.15) is 17.0 Å². The lowest BCUT2D eigenvalue weighted by molar-refractivity contribution is 0.458. The molecule has 1 fully saturated rings. The molecule has 0 radical (unpaired) electrons. The van der Waals surface area contributed by atoms with Crippen molar-refractivity contribution in [3.63, 3.8) is 0 Å². The molecule has 0 aromatic carbocycles. The van der Waals surface area contributed by atoms with Crippen molar-refractivity contribution in [2.45, 2.75) is 39.2 Å². The van der Waals surface area contributed by atoms with Gasteiger partial charge < -0.3 is 4.90 Å². The van der Waals surface area contributed by atoms with Gasteiger partial charge in [0.05, 0.1) is 11.1 Å². The Morgan fingerprint density at radius 3 is 2.78 bits per heavy atom. The van der Waals surface area contributed by atoms with Crippen molar-refractivity contribution in [1.29, 1.82) is 0 Å². The fourth-order valence-corrected chi connectivity index (χ4v) is 5.25. The predicted octanol–water partition coefficient (Wildman–Crippen LogP) is 2.30. The molecule has 3 heterocycles. The Hall–Kier alpha value is -1.25. The Morgan fingerprint density at radius 2 is 2.09 bits per heavy atom. The van der Waals surface area contributed by atoms with Crippen LogP contribution in [0.4, 0.5) is 5.82 Å². The highest BCUT2D eigenvalue weighted by Crippen LogP contribution is 2.31. The lowest BCUT2D eigenvalue weighted by Crippen LogP contribution is -2.45. The quantitative estimate of drug-likeness (QED) is 0.892. The highest BCUT2D eigenvalue weighted by Gasteiger charge is 2.25. The molecule has 2 aromatic heterocycles. The number of nitrogens with zero attached hydrogens (tertiary/aromatic N) is 3. The van der Waals surface area contributed by atoms with Crippen LogP contribution in [-0.4, -0.2) is 43.3 Å². The number of nitrogens with one attached hydrogen (secondary N) is 1. The SMILES string of the molecule is CCCS(=O)(=O)NC1CCN(c2ncnc3sc(C)cc23)CC1. The lowest BCUT2D eigenvalue weighted by atomic mass is 10.1. The second-order valence-corrected chi connectivity index (χ2v) is 9.08. The number of aromatic nitrogens is 2. The van der Waals surface area contributed by atoms with E-state index in [0.717, 1.165) is 42.0 Å². The van der Waals surface area contributed by atoms with Crippen LogP contribution in [0.3, 0.4) is 0 Å². The molecular formula is C15H22N4O2S2. The van der Waals surface area contributed by atoms with Gasteiger partial charge >= 0.3 is 0 Å². The third-order valence-electron chi connectivity index (χ3n) is 4.05. The van der Waals surface area contributed by atoms with Crippen molar-refractivity contribution in [3.8, 4) is 0 Å². The van der Waals surface area contributed by atoms with Crippen LogP contribution in [0, 0.1) is 6.92 Å². The average Bonchev–Trinajstić information content (AvgIpc) is 2.87. The first kappa shape index (κ1) is 16.6. The van der Waals surface area contributed by atoms with E-state index in [1.54, 1.807) is 17.7 Å². The molecule has 126 valence electrons. The molecule has 0 amide bonds. The standard InChI is InChI=1S/C15H22N4O2S2/c1-3-8-23(20,21)18-12-4-6-19(7-5-12)14-13-9-11(2)22-15(13)17-10-16-14/h9-10,12,18H,3-8H2,1-2H3. The first-order chi connectivity index (χ1) is 11.0. The van der Waals surface area contributed by atoms with Crippen LogP contribution in [-0.2, 0) is 10.0 Å². The molecule has 1 aliphatic heterocycles. The fraction of sp³-hybridized carbons (Fsp3) is 0.600. The van der Waals surface area contributed by atoms with E-state index in [1.165, 1.54) is 4.88 Å². The zero-order valence-electron chi connectivity index (χ0n) is 13.4. The van der Waals surface area contributed by atoms with E-state index in [0.29, 0.717) is 6.42 Å². The van der Waals surface area contributed by atoms with Crippen LogP contribution in [0.5, 0.6) is 0 Å². The summed E-state index contributed by atoms with van der Waals surface area (Å²) in [4.78, 5) is 13.3. The number of fused-ring (bicyclic) bond motifs is 1. The maximum Gasteiger partial charge on any atom is 0.211 e. The summed E-state index contributed by atoms with van der Waals surface area (Å²) in [5.41, 5.74) is 0. The minimum Gasteiger partial charge on any atom is -0.356 e. The van der Waals surface area contributed by atoms with E-state index in [2.05, 4.69) is 32.6 Å². The maximum atomic E-state index is 11.9. The molecule has 8 heteroatoms. The van der Waals surface area contributed by atoms with Gasteiger partial charge in [-0.2, -0.15) is 0 Å². The summed E-state index contributed by atoms with van der Waals surface area (Å²) in [5.74, 6) is 1.17. The van der Waals surface area contributed by atoms with Crippen LogP contribution in [0.15, 0.2) is 12.4 Å². The Labute approximate surface area is 141 Å². The van der Waals surface area contributed by atoms with Gasteiger partial charge in [-0.1, -0.05) is 6.92 Å². The molecule has 0 saturated carbocycles. The first-order valence-electron chi connectivity index (χ1n) is 7.94. The number of thiophene rings is 1. The largest absolute Gasteiger partial charge is 0.356 e. The smallest absolute Gasteiger partial charge is 0.211 e. The zero-order chi connectivity index (χ0) is 16.4. The Balaban J connectivity index is 1.69. The Kier molecular flexibility index (Phi) is 4.84. The molecule has 2 aromatic rings. The lowest BCUT2D eigenvalue weighted by Gasteiger charge is -2.33. The van der Waals surface area contributed by atoms with Gasteiger partial charge in [0.25, 0.3) is 0 Å². The molecule has 0 unspecified atom stereocenters. The summed E-state index contributed by atoms with van der Waals surface area (Å²) in [5, 5.41) is 1.10. The van der Waals surface area contributed by atoms with Crippen molar-refractivity contribution in [2.75, 3.05) is 23.7 Å². The van der Waals surface area contributed by atoms with Crippen LogP contribution in [0.1, 0.15) is 31.1 Å². The van der Waals surface area contributed by atoms with Crippen molar-refractivity contribution in [2.24, 2.45) is 0 Å². The van der Waals surface area contributed by atoms with Crippen molar-refractivity contribution >= 4 is 37.4 Å². The first-order valence-corrected chi connectivity index (χ1v) is 10.4. The van der Waals surface area contributed by atoms with Crippen LogP contribution in [0.2, 0.25) is 0 Å². The number of aryl methyl sites for hydroxylation is 1. The topological polar surface area (TPSA) is 75.2 Å². The molecule has 23 heavy (non-hydrogen) atoms. The fourth-order valence-electron chi connectivity index (χ4n) is 3.01. The summed E-state index contributed by atoms with van der Waals surface area (Å²) in [7, 11) is -3.14. The minimum absolute atomic E-state index is 0.0318. The zero-order valence-corrected chi connectivity index (χ0v) is 15.1. The molecule has 0 bridgehead atoms. The summed E-state index contributed by atoms with van der Waals surface area (Å²) in [6, 6.07) is 2.16. The van der Waals surface area contributed by atoms with Gasteiger partial charge in [-0.05, 0) is 32.3 Å². The Morgan fingerprint density at radius 1 is 1.35 bits per heavy atom. The summed E-state index contributed by atoms with van der Waals surface area (Å²) >= 11 is 1.67. The summed E-state index contributed by atoms with van der Waals surface area (Å²) in [6.07, 6.45) is 3.86. The number of piperidine rings is 1. The normalized spacial score (nSPS) is 17.0. The summed E-state index contributed by atoms with van der Waals surface area (Å²) in [6.45, 7) is 5.57. The number of hydrogen-bond donors (Lipinski definition) is 1. The number of sulfonamides is 1. The van der Waals surface area contributed by atoms with Crippen molar-refractivity contribution < 1.29 is 8.42 Å². The number of hydrogen-bond acceptors (Lipinski definition) is 6. The number of rotatable bonds is 5. The van der Waals surface area contributed by atoms with Crippen LogP contribution in [0.25, 0.3) is 10.2 Å². The second-order valence-electron chi connectivity index (χ2n) is 5.97. The van der Waals surface area contributed by atoms with E-state index in [4.69, 9.17) is 0 Å². The molecule has 0 atom stereocenters. The molecule has 1 aliphatic rings. The summed E-state index contributed by atoms with van der Waals surface area (Å²) < 4.78 is 26.6. The average molecular weight is 355 g/mol. The van der Waals surface area contributed by atoms with E-state index < -0.39 is 10.0 Å². The predicted molar refractivity (Wildman–Crippen MR) is 94.6 cm³/mol. The van der Waals surface area contributed by atoms with E-state index in [1.807, 2.05) is 6.92 Å². The minimum atomic E-state index is -3.14. The Bertz CT molecular complexity index is 780. The molecule has 1 saturated heterocycles. The van der Waals surface area contributed by atoms with Crippen LogP contribution >= 0.6 is 11.3 Å². The molecule has 1 N–H and O–H groups in total. The van der Waals surface area contributed by atoms with Crippen molar-refractivity contribution in [3.05, 3.63) is 17.3 Å². The van der Waals surface area contributed by atoms with E-state index >= 15 is 0 Å². The molecule has 6 nitrogen and oxygen atoms in total. The van der Waals surface area contributed by atoms with Gasteiger partial charge in [-0.25, -0.2) is 23.1 Å². The second kappa shape index (κ2) is 6.70. The molecule has 0 spiro atoms. The van der Waals surface area contributed by atoms with E-state index in [9.17, 15) is 8.42 Å². The van der Waals surface area contributed by atoms with Crippen LogP contribution < -0.4 is 9.62 Å². The monoisotopic (exact) mass is 354 g/mol. The van der Waals surface area contributed by atoms with E-state index in [-0.39, 0.29) is 11.8 Å². The van der Waals surface area contributed by atoms with Gasteiger partial charge in [-0.3, -0.25) is 0 Å². The van der Waals surface area contributed by atoms with Gasteiger partial charge in [-0.15, -0.1) is 11.3 Å². The number of anilines is 1. The highest BCUT2D eigenvalue weighted by molar-refractivity contribution is 7.89. The van der Waals surface area contributed by atoms with Gasteiger partial charge in [0.2, 0.25) is 10.0 Å². The van der Waals surface area contributed by atoms with Crippen molar-refractivity contribution in [1.82, 2.24) is 14.7 Å². The van der Waals surface area contributed by atoms with Gasteiger partial charge in [0, 0.05) is 24.0 Å². The molecular weight excluding hydrogens is 332 g/mol. The molecule has 3 rings (SSSR count). The van der Waals surface area contributed by atoms with Gasteiger partial charge in [0.15, 0.2) is 0 Å². The molecule has 0 aliphatic carbocycles.